The van der Waals surface area contributed by atoms with Crippen molar-refractivity contribution in [3.05, 3.63) is 61.5 Å². The Hall–Kier alpha value is -0.550. The highest BCUT2D eigenvalue weighted by Crippen LogP contribution is 2.30. The highest BCUT2D eigenvalue weighted by Gasteiger charge is 2.14. The van der Waals surface area contributed by atoms with Crippen LogP contribution < -0.4 is 5.73 Å². The average molecular weight is 406 g/mol. The molecule has 0 aliphatic carbocycles. The van der Waals surface area contributed by atoms with Crippen molar-refractivity contribution in [2.24, 2.45) is 0 Å². The summed E-state index contributed by atoms with van der Waals surface area (Å²) in [5.74, 6) is 0. The van der Waals surface area contributed by atoms with Crippen molar-refractivity contribution in [3.63, 3.8) is 0 Å². The fourth-order valence-electron chi connectivity index (χ4n) is 1.84. The number of nitrogens with two attached hydrogens (primary N) is 1. The molecule has 0 fully saturated rings. The van der Waals surface area contributed by atoms with Crippen molar-refractivity contribution in [2.45, 2.75) is 12.5 Å². The molecule has 0 bridgehead atoms. The molecule has 19 heavy (non-hydrogen) atoms. The van der Waals surface area contributed by atoms with Gasteiger partial charge in [0, 0.05) is 31.6 Å². The molecule has 0 aromatic heterocycles. The predicted molar refractivity (Wildman–Crippen MR) is 86.4 cm³/mol. The topological polar surface area (TPSA) is 46.2 Å². The second-order valence-corrected chi connectivity index (χ2v) is 6.47. The van der Waals surface area contributed by atoms with Gasteiger partial charge in [-0.15, -0.1) is 0 Å². The molecule has 1 atom stereocenters. The van der Waals surface area contributed by atoms with Crippen LogP contribution in [-0.4, -0.2) is 5.11 Å². The molecule has 0 aliphatic heterocycles. The van der Waals surface area contributed by atoms with E-state index in [1.165, 1.54) is 0 Å². The molecule has 2 nitrogen and oxygen atoms in total. The van der Waals surface area contributed by atoms with Crippen LogP contribution in [0.5, 0.6) is 0 Å². The molecule has 1 unspecified atom stereocenters. The smallest absolute Gasteiger partial charge is 0.0851 e. The van der Waals surface area contributed by atoms with Gasteiger partial charge in [0.1, 0.15) is 0 Å². The largest absolute Gasteiger partial charge is 0.398 e. The zero-order chi connectivity index (χ0) is 14.0. The molecular formula is C14H12Br2ClNO. The van der Waals surface area contributed by atoms with Crippen molar-refractivity contribution in [1.82, 2.24) is 0 Å². The number of anilines is 1. The summed E-state index contributed by atoms with van der Waals surface area (Å²) in [6, 6.07) is 11.0. The van der Waals surface area contributed by atoms with Gasteiger partial charge in [-0.05, 0) is 35.9 Å². The summed E-state index contributed by atoms with van der Waals surface area (Å²) < 4.78 is 1.80. The van der Waals surface area contributed by atoms with Gasteiger partial charge in [0.15, 0.2) is 0 Å². The Morgan fingerprint density at radius 1 is 1.11 bits per heavy atom. The van der Waals surface area contributed by atoms with Crippen molar-refractivity contribution in [3.8, 4) is 0 Å². The fraction of sp³-hybridized carbons (Fsp3) is 0.143. The van der Waals surface area contributed by atoms with E-state index in [9.17, 15) is 5.11 Å². The summed E-state index contributed by atoms with van der Waals surface area (Å²) in [5.41, 5.74) is 8.05. The quantitative estimate of drug-likeness (QED) is 0.726. The minimum atomic E-state index is -0.684. The third-order valence-electron chi connectivity index (χ3n) is 2.84. The summed E-state index contributed by atoms with van der Waals surface area (Å²) in [6.07, 6.45) is -0.261. The van der Waals surface area contributed by atoms with E-state index in [0.717, 1.165) is 14.5 Å². The van der Waals surface area contributed by atoms with Gasteiger partial charge in [-0.2, -0.15) is 0 Å². The second kappa shape index (κ2) is 6.27. The molecule has 100 valence electrons. The van der Waals surface area contributed by atoms with Crippen LogP contribution in [0.3, 0.4) is 0 Å². The van der Waals surface area contributed by atoms with Crippen LogP contribution in [0.4, 0.5) is 5.69 Å². The number of aliphatic hydroxyl groups excluding tert-OH is 1. The van der Waals surface area contributed by atoms with Gasteiger partial charge in [0.25, 0.3) is 0 Å². The third-order valence-corrected chi connectivity index (χ3v) is 4.17. The van der Waals surface area contributed by atoms with E-state index in [2.05, 4.69) is 31.9 Å². The maximum atomic E-state index is 10.3. The Kier molecular flexibility index (Phi) is 4.90. The van der Waals surface area contributed by atoms with Crippen molar-refractivity contribution in [2.75, 3.05) is 5.73 Å². The zero-order valence-corrected chi connectivity index (χ0v) is 13.8. The molecule has 0 saturated carbocycles. The minimum Gasteiger partial charge on any atom is -0.398 e. The van der Waals surface area contributed by atoms with Crippen molar-refractivity contribution < 1.29 is 5.11 Å². The number of rotatable bonds is 3. The summed E-state index contributed by atoms with van der Waals surface area (Å²) in [5, 5.41) is 10.9. The third kappa shape index (κ3) is 3.72. The lowest BCUT2D eigenvalue weighted by Crippen LogP contribution is -2.05. The first-order valence-corrected chi connectivity index (χ1v) is 7.60. The minimum absolute atomic E-state index is 0.423. The highest BCUT2D eigenvalue weighted by atomic mass is 79.9. The van der Waals surface area contributed by atoms with Gasteiger partial charge < -0.3 is 10.8 Å². The number of halogens is 3. The summed E-state index contributed by atoms with van der Waals surface area (Å²) in [4.78, 5) is 0. The average Bonchev–Trinajstić information content (AvgIpc) is 2.35. The van der Waals surface area contributed by atoms with Gasteiger partial charge in [0.05, 0.1) is 6.10 Å². The molecule has 2 aromatic carbocycles. The molecule has 0 saturated heterocycles. The Labute approximate surface area is 133 Å². The first-order chi connectivity index (χ1) is 8.97. The molecular weight excluding hydrogens is 393 g/mol. The Balaban J connectivity index is 2.25. The van der Waals surface area contributed by atoms with E-state index in [1.807, 2.05) is 30.3 Å². The standard InChI is InChI=1S/C14H12Br2ClNO/c15-9-3-4-13(18)11(6-9)14(19)5-8-1-2-10(16)7-12(8)17/h1-4,6-7,14,19H,5,18H2. The van der Waals surface area contributed by atoms with Crippen molar-refractivity contribution in [1.29, 1.82) is 0 Å². The van der Waals surface area contributed by atoms with Crippen LogP contribution in [0.2, 0.25) is 5.02 Å². The first kappa shape index (κ1) is 14.9. The van der Waals surface area contributed by atoms with Gasteiger partial charge in [-0.3, -0.25) is 0 Å². The lowest BCUT2D eigenvalue weighted by Gasteiger charge is -2.15. The Morgan fingerprint density at radius 2 is 1.74 bits per heavy atom. The van der Waals surface area contributed by atoms with Crippen LogP contribution in [-0.2, 0) is 6.42 Å². The summed E-state index contributed by atoms with van der Waals surface area (Å²) in [7, 11) is 0. The molecule has 0 heterocycles. The molecule has 0 radical (unpaired) electrons. The van der Waals surface area contributed by atoms with Gasteiger partial charge >= 0.3 is 0 Å². The predicted octanol–water partition coefficient (Wildman–Crippen LogP) is 4.72. The van der Waals surface area contributed by atoms with Gasteiger partial charge in [0.2, 0.25) is 0 Å². The fourth-order valence-corrected chi connectivity index (χ4v) is 2.97. The van der Waals surface area contributed by atoms with E-state index >= 15 is 0 Å². The number of hydrogen-bond donors (Lipinski definition) is 2. The first-order valence-electron chi connectivity index (χ1n) is 5.64. The summed E-state index contributed by atoms with van der Waals surface area (Å²) in [6.45, 7) is 0. The SMILES string of the molecule is Nc1ccc(Br)cc1C(O)Cc1ccc(Br)cc1Cl. The second-order valence-electron chi connectivity index (χ2n) is 4.23. The maximum absolute atomic E-state index is 10.3. The molecule has 3 N–H and O–H groups in total. The normalized spacial score (nSPS) is 12.4. The van der Waals surface area contributed by atoms with Gasteiger partial charge in [-0.25, -0.2) is 0 Å². The van der Waals surface area contributed by atoms with E-state index in [0.29, 0.717) is 22.7 Å². The molecule has 2 rings (SSSR count). The zero-order valence-electron chi connectivity index (χ0n) is 9.91. The summed E-state index contributed by atoms with van der Waals surface area (Å²) >= 11 is 12.9. The molecule has 0 aliphatic rings. The molecule has 2 aromatic rings. The van der Waals surface area contributed by atoms with E-state index in [1.54, 1.807) is 6.07 Å². The van der Waals surface area contributed by atoms with Crippen LogP contribution in [0, 0.1) is 0 Å². The lowest BCUT2D eigenvalue weighted by atomic mass is 10.00. The van der Waals surface area contributed by atoms with Gasteiger partial charge in [-0.1, -0.05) is 49.5 Å². The van der Waals surface area contributed by atoms with Crippen LogP contribution in [0.1, 0.15) is 17.2 Å². The maximum Gasteiger partial charge on any atom is 0.0851 e. The number of hydrogen-bond acceptors (Lipinski definition) is 2. The van der Waals surface area contributed by atoms with Crippen LogP contribution in [0.25, 0.3) is 0 Å². The molecule has 0 spiro atoms. The monoisotopic (exact) mass is 403 g/mol. The molecule has 0 amide bonds. The van der Waals surface area contributed by atoms with E-state index in [-0.39, 0.29) is 0 Å². The van der Waals surface area contributed by atoms with Crippen molar-refractivity contribution >= 4 is 49.1 Å². The number of benzene rings is 2. The van der Waals surface area contributed by atoms with E-state index in [4.69, 9.17) is 17.3 Å². The Morgan fingerprint density at radius 3 is 2.42 bits per heavy atom. The van der Waals surface area contributed by atoms with Crippen LogP contribution in [0.15, 0.2) is 45.3 Å². The lowest BCUT2D eigenvalue weighted by molar-refractivity contribution is 0.179. The molecule has 5 heteroatoms. The highest BCUT2D eigenvalue weighted by molar-refractivity contribution is 9.10. The number of aliphatic hydroxyl groups is 1. The number of nitrogen functional groups attached to an aromatic ring is 1. The van der Waals surface area contributed by atoms with Crippen LogP contribution >= 0.6 is 43.5 Å². The Bertz CT molecular complexity index is 604. The van der Waals surface area contributed by atoms with E-state index < -0.39 is 6.10 Å².